The second kappa shape index (κ2) is 7.81. The van der Waals surface area contributed by atoms with Crippen molar-refractivity contribution in [1.29, 1.82) is 0 Å². The van der Waals surface area contributed by atoms with E-state index in [2.05, 4.69) is 39.0 Å². The summed E-state index contributed by atoms with van der Waals surface area (Å²) < 4.78 is 0. The summed E-state index contributed by atoms with van der Waals surface area (Å²) in [6.45, 7) is 10.4. The summed E-state index contributed by atoms with van der Waals surface area (Å²) in [5, 5.41) is 3.20. The first kappa shape index (κ1) is 14.6. The van der Waals surface area contributed by atoms with E-state index in [-0.39, 0.29) is 5.95 Å². The first-order chi connectivity index (χ1) is 8.69. The third-order valence-electron chi connectivity index (χ3n) is 2.71. The topological polar surface area (TPSA) is 80.0 Å². The van der Waals surface area contributed by atoms with Crippen molar-refractivity contribution in [3.63, 3.8) is 0 Å². The second-order valence-corrected chi connectivity index (χ2v) is 4.15. The average Bonchev–Trinajstić information content (AvgIpc) is 2.37. The van der Waals surface area contributed by atoms with E-state index < -0.39 is 0 Å². The molecule has 18 heavy (non-hydrogen) atoms. The molecule has 0 amide bonds. The molecular weight excluding hydrogens is 228 g/mol. The number of nitrogens with zero attached hydrogens (tertiary/aromatic N) is 4. The van der Waals surface area contributed by atoms with E-state index in [1.807, 2.05) is 6.92 Å². The van der Waals surface area contributed by atoms with E-state index >= 15 is 0 Å². The molecule has 1 aromatic rings. The van der Waals surface area contributed by atoms with E-state index in [1.54, 1.807) is 0 Å². The van der Waals surface area contributed by atoms with Crippen molar-refractivity contribution >= 4 is 11.9 Å². The van der Waals surface area contributed by atoms with Crippen LogP contribution in [-0.2, 0) is 6.42 Å². The molecule has 0 aliphatic rings. The van der Waals surface area contributed by atoms with Crippen LogP contribution in [0.1, 0.15) is 33.0 Å². The molecule has 3 N–H and O–H groups in total. The fraction of sp³-hybridized carbons (Fsp3) is 0.750. The van der Waals surface area contributed by atoms with Crippen LogP contribution in [0.25, 0.3) is 0 Å². The first-order valence-corrected chi connectivity index (χ1v) is 6.66. The van der Waals surface area contributed by atoms with E-state index in [1.165, 1.54) is 6.42 Å². The van der Waals surface area contributed by atoms with E-state index in [4.69, 9.17) is 5.73 Å². The molecule has 1 rings (SSSR count). The number of rotatable bonds is 8. The average molecular weight is 252 g/mol. The van der Waals surface area contributed by atoms with Crippen molar-refractivity contribution in [2.45, 2.75) is 33.6 Å². The van der Waals surface area contributed by atoms with Gasteiger partial charge in [-0.3, -0.25) is 0 Å². The summed E-state index contributed by atoms with van der Waals surface area (Å²) in [6, 6.07) is 0. The molecule has 0 spiro atoms. The molecule has 102 valence electrons. The van der Waals surface area contributed by atoms with Crippen molar-refractivity contribution < 1.29 is 0 Å². The highest BCUT2D eigenvalue weighted by Gasteiger charge is 2.04. The summed E-state index contributed by atoms with van der Waals surface area (Å²) in [5.74, 6) is 1.59. The number of nitrogen functional groups attached to an aromatic ring is 1. The van der Waals surface area contributed by atoms with Crippen LogP contribution in [0.5, 0.6) is 0 Å². The summed E-state index contributed by atoms with van der Waals surface area (Å²) in [6.07, 6.45) is 1.94. The van der Waals surface area contributed by atoms with Crippen LogP contribution in [0.15, 0.2) is 0 Å². The Labute approximate surface area is 109 Å². The van der Waals surface area contributed by atoms with Crippen molar-refractivity contribution in [3.05, 3.63) is 5.82 Å². The highest BCUT2D eigenvalue weighted by Crippen LogP contribution is 2.03. The highest BCUT2D eigenvalue weighted by molar-refractivity contribution is 5.30. The fourth-order valence-electron chi connectivity index (χ4n) is 1.75. The number of nitrogens with two attached hydrogens (primary N) is 1. The Kier molecular flexibility index (Phi) is 6.35. The van der Waals surface area contributed by atoms with Gasteiger partial charge in [0.2, 0.25) is 11.9 Å². The van der Waals surface area contributed by atoms with Gasteiger partial charge in [-0.25, -0.2) is 0 Å². The van der Waals surface area contributed by atoms with Crippen LogP contribution in [0.4, 0.5) is 11.9 Å². The lowest BCUT2D eigenvalue weighted by molar-refractivity contribution is 0.300. The standard InChI is InChI=1S/C12H24N6/c1-4-8-18(6-3)9-7-14-12-16-10(5-2)15-11(13)17-12/h4-9H2,1-3H3,(H3,13,14,15,16,17). The number of likely N-dealkylation sites (N-methyl/N-ethyl adjacent to an activating group) is 1. The van der Waals surface area contributed by atoms with Gasteiger partial charge in [0.15, 0.2) is 0 Å². The van der Waals surface area contributed by atoms with Crippen LogP contribution in [0, 0.1) is 0 Å². The Morgan fingerprint density at radius 1 is 1.11 bits per heavy atom. The van der Waals surface area contributed by atoms with Gasteiger partial charge in [-0.05, 0) is 19.5 Å². The van der Waals surface area contributed by atoms with Crippen molar-refractivity contribution in [3.8, 4) is 0 Å². The minimum atomic E-state index is 0.283. The zero-order chi connectivity index (χ0) is 13.4. The third-order valence-corrected chi connectivity index (χ3v) is 2.71. The molecule has 0 saturated heterocycles. The lowest BCUT2D eigenvalue weighted by Crippen LogP contribution is -2.30. The van der Waals surface area contributed by atoms with Gasteiger partial charge in [0.25, 0.3) is 0 Å². The molecule has 0 aliphatic heterocycles. The van der Waals surface area contributed by atoms with Crippen LogP contribution >= 0.6 is 0 Å². The number of anilines is 2. The monoisotopic (exact) mass is 252 g/mol. The second-order valence-electron chi connectivity index (χ2n) is 4.15. The smallest absolute Gasteiger partial charge is 0.227 e. The molecule has 0 unspecified atom stereocenters. The van der Waals surface area contributed by atoms with Crippen LogP contribution in [-0.4, -0.2) is 46.0 Å². The minimum absolute atomic E-state index is 0.283. The molecular formula is C12H24N6. The van der Waals surface area contributed by atoms with Crippen LogP contribution in [0.2, 0.25) is 0 Å². The van der Waals surface area contributed by atoms with Gasteiger partial charge in [-0.2, -0.15) is 15.0 Å². The number of nitrogens with one attached hydrogen (secondary N) is 1. The predicted molar refractivity (Wildman–Crippen MR) is 74.5 cm³/mol. The maximum atomic E-state index is 5.63. The molecule has 1 aromatic heterocycles. The van der Waals surface area contributed by atoms with E-state index in [0.29, 0.717) is 5.95 Å². The molecule has 0 radical (unpaired) electrons. The lowest BCUT2D eigenvalue weighted by atomic mass is 10.4. The molecule has 0 aromatic carbocycles. The normalized spacial score (nSPS) is 10.9. The van der Waals surface area contributed by atoms with Crippen LogP contribution < -0.4 is 11.1 Å². The number of hydrogen-bond donors (Lipinski definition) is 2. The Balaban J connectivity index is 2.45. The van der Waals surface area contributed by atoms with Gasteiger partial charge in [-0.15, -0.1) is 0 Å². The molecule has 6 heteroatoms. The lowest BCUT2D eigenvalue weighted by Gasteiger charge is -2.19. The van der Waals surface area contributed by atoms with E-state index in [9.17, 15) is 0 Å². The molecule has 6 nitrogen and oxygen atoms in total. The molecule has 1 heterocycles. The Morgan fingerprint density at radius 2 is 1.89 bits per heavy atom. The zero-order valence-electron chi connectivity index (χ0n) is 11.6. The summed E-state index contributed by atoms with van der Waals surface area (Å²) in [4.78, 5) is 14.8. The molecule has 0 aliphatic carbocycles. The third kappa shape index (κ3) is 4.83. The number of aryl methyl sites for hydroxylation is 1. The summed E-state index contributed by atoms with van der Waals surface area (Å²) in [5.41, 5.74) is 5.63. The Morgan fingerprint density at radius 3 is 2.50 bits per heavy atom. The van der Waals surface area contributed by atoms with Gasteiger partial charge < -0.3 is 16.0 Å². The molecule has 0 atom stereocenters. The van der Waals surface area contributed by atoms with Gasteiger partial charge in [0.05, 0.1) is 0 Å². The number of hydrogen-bond acceptors (Lipinski definition) is 6. The zero-order valence-corrected chi connectivity index (χ0v) is 11.6. The highest BCUT2D eigenvalue weighted by atomic mass is 15.2. The molecule has 0 saturated carbocycles. The Hall–Kier alpha value is -1.43. The van der Waals surface area contributed by atoms with Crippen molar-refractivity contribution in [1.82, 2.24) is 19.9 Å². The molecule has 0 bridgehead atoms. The SMILES string of the molecule is CCCN(CC)CCNc1nc(N)nc(CC)n1. The van der Waals surface area contributed by atoms with Crippen LogP contribution in [0.3, 0.4) is 0 Å². The van der Waals surface area contributed by atoms with Crippen molar-refractivity contribution in [2.24, 2.45) is 0 Å². The van der Waals surface area contributed by atoms with Gasteiger partial charge >= 0.3 is 0 Å². The quantitative estimate of drug-likeness (QED) is 0.722. The predicted octanol–water partition coefficient (Wildman–Crippen LogP) is 1.16. The minimum Gasteiger partial charge on any atom is -0.368 e. The first-order valence-electron chi connectivity index (χ1n) is 6.66. The molecule has 0 fully saturated rings. The van der Waals surface area contributed by atoms with Crippen molar-refractivity contribution in [2.75, 3.05) is 37.2 Å². The van der Waals surface area contributed by atoms with Gasteiger partial charge in [0, 0.05) is 19.5 Å². The summed E-state index contributed by atoms with van der Waals surface area (Å²) >= 11 is 0. The van der Waals surface area contributed by atoms with Gasteiger partial charge in [0.1, 0.15) is 5.82 Å². The summed E-state index contributed by atoms with van der Waals surface area (Å²) in [7, 11) is 0. The Bertz CT molecular complexity index is 354. The largest absolute Gasteiger partial charge is 0.368 e. The fourth-order valence-corrected chi connectivity index (χ4v) is 1.75. The van der Waals surface area contributed by atoms with E-state index in [0.717, 1.165) is 38.4 Å². The number of aromatic nitrogens is 3. The maximum absolute atomic E-state index is 5.63. The van der Waals surface area contributed by atoms with Gasteiger partial charge in [-0.1, -0.05) is 20.8 Å². The maximum Gasteiger partial charge on any atom is 0.227 e.